The molecule has 0 saturated carbocycles. The number of piperazine rings is 1. The molecule has 1 unspecified atom stereocenters. The molecule has 0 aliphatic carbocycles. The fourth-order valence-electron chi connectivity index (χ4n) is 2.30. The third-order valence-electron chi connectivity index (χ3n) is 3.30. The molecule has 116 valence electrons. The van der Waals surface area contributed by atoms with Crippen molar-refractivity contribution in [3.8, 4) is 0 Å². The molecule has 0 bridgehead atoms. The molecule has 1 saturated heterocycles. The highest BCUT2D eigenvalue weighted by atomic mass is 19.4. The number of nitrogens with two attached hydrogens (primary N) is 1. The van der Waals surface area contributed by atoms with Crippen LogP contribution in [0.3, 0.4) is 0 Å². The minimum atomic E-state index is -4.51. The summed E-state index contributed by atoms with van der Waals surface area (Å²) in [6, 6.07) is 1.22. The number of hydrogen-bond acceptors (Lipinski definition) is 5. The van der Waals surface area contributed by atoms with Crippen molar-refractivity contribution in [1.29, 1.82) is 0 Å². The van der Waals surface area contributed by atoms with E-state index in [2.05, 4.69) is 15.7 Å². The van der Waals surface area contributed by atoms with Crippen LogP contribution in [0.1, 0.15) is 18.9 Å². The highest BCUT2D eigenvalue weighted by Gasteiger charge is 2.34. The molecule has 2 rings (SSSR count). The van der Waals surface area contributed by atoms with Gasteiger partial charge in [-0.25, -0.2) is 10.8 Å². The summed E-state index contributed by atoms with van der Waals surface area (Å²) < 4.78 is 38.7. The SMILES string of the molecule is CCC1C(=O)NCCN1c1cc(C(F)(F)F)cc(NN)n1. The number of hydrogen-bond donors (Lipinski definition) is 3. The summed E-state index contributed by atoms with van der Waals surface area (Å²) in [7, 11) is 0. The quantitative estimate of drug-likeness (QED) is 0.575. The number of nitrogens with zero attached hydrogens (tertiary/aromatic N) is 2. The Labute approximate surface area is 119 Å². The monoisotopic (exact) mass is 303 g/mol. The van der Waals surface area contributed by atoms with E-state index in [1.165, 1.54) is 0 Å². The predicted molar refractivity (Wildman–Crippen MR) is 71.5 cm³/mol. The van der Waals surface area contributed by atoms with E-state index in [1.807, 2.05) is 0 Å². The molecule has 9 heteroatoms. The van der Waals surface area contributed by atoms with Gasteiger partial charge in [0, 0.05) is 13.1 Å². The van der Waals surface area contributed by atoms with Crippen LogP contribution in [-0.4, -0.2) is 30.0 Å². The zero-order valence-corrected chi connectivity index (χ0v) is 11.4. The molecule has 0 radical (unpaired) electrons. The molecule has 1 amide bonds. The number of amides is 1. The van der Waals surface area contributed by atoms with Gasteiger partial charge in [0.05, 0.1) is 5.56 Å². The fraction of sp³-hybridized carbons (Fsp3) is 0.500. The van der Waals surface area contributed by atoms with E-state index >= 15 is 0 Å². The summed E-state index contributed by atoms with van der Waals surface area (Å²) in [6.45, 7) is 2.54. The third kappa shape index (κ3) is 3.18. The lowest BCUT2D eigenvalue weighted by molar-refractivity contribution is -0.137. The summed E-state index contributed by atoms with van der Waals surface area (Å²) in [5.74, 6) is 4.95. The first-order valence-electron chi connectivity index (χ1n) is 6.47. The maximum atomic E-state index is 12.9. The molecule has 0 spiro atoms. The molecule has 2 heterocycles. The number of nitrogens with one attached hydrogen (secondary N) is 2. The van der Waals surface area contributed by atoms with E-state index < -0.39 is 17.8 Å². The molecule has 6 nitrogen and oxygen atoms in total. The van der Waals surface area contributed by atoms with Crippen molar-refractivity contribution in [3.05, 3.63) is 17.7 Å². The Balaban J connectivity index is 2.44. The molecular formula is C12H16F3N5O. The van der Waals surface area contributed by atoms with Gasteiger partial charge in [-0.1, -0.05) is 6.92 Å². The summed E-state index contributed by atoms with van der Waals surface area (Å²) in [6.07, 6.45) is -4.04. The minimum absolute atomic E-state index is 0.0828. The zero-order valence-electron chi connectivity index (χ0n) is 11.4. The molecule has 1 fully saturated rings. The molecule has 21 heavy (non-hydrogen) atoms. The van der Waals surface area contributed by atoms with E-state index in [9.17, 15) is 18.0 Å². The predicted octanol–water partition coefficient (Wildman–Crippen LogP) is 1.10. The van der Waals surface area contributed by atoms with Crippen LogP contribution < -0.4 is 21.5 Å². The molecular weight excluding hydrogens is 287 g/mol. The number of halogens is 3. The molecule has 1 aliphatic heterocycles. The van der Waals surface area contributed by atoms with E-state index in [0.717, 1.165) is 12.1 Å². The molecule has 1 aliphatic rings. The average molecular weight is 303 g/mol. The number of carbonyl (C=O) groups is 1. The van der Waals surface area contributed by atoms with Crippen LogP contribution in [0, 0.1) is 0 Å². The number of alkyl halides is 3. The fourth-order valence-corrected chi connectivity index (χ4v) is 2.30. The van der Waals surface area contributed by atoms with Crippen LogP contribution in [0.15, 0.2) is 12.1 Å². The number of nitrogen functional groups attached to an aromatic ring is 1. The smallest absolute Gasteiger partial charge is 0.353 e. The van der Waals surface area contributed by atoms with Crippen LogP contribution in [0.2, 0.25) is 0 Å². The van der Waals surface area contributed by atoms with Gasteiger partial charge in [0.15, 0.2) is 0 Å². The Morgan fingerprint density at radius 1 is 1.52 bits per heavy atom. The van der Waals surface area contributed by atoms with Gasteiger partial charge in [-0.3, -0.25) is 4.79 Å². The van der Waals surface area contributed by atoms with E-state index in [4.69, 9.17) is 5.84 Å². The molecule has 1 aromatic rings. The lowest BCUT2D eigenvalue weighted by Crippen LogP contribution is -2.55. The van der Waals surface area contributed by atoms with E-state index in [0.29, 0.717) is 19.5 Å². The highest BCUT2D eigenvalue weighted by Crippen LogP contribution is 2.33. The van der Waals surface area contributed by atoms with Crippen molar-refractivity contribution >= 4 is 17.5 Å². The van der Waals surface area contributed by atoms with Crippen LogP contribution >= 0.6 is 0 Å². The summed E-state index contributed by atoms with van der Waals surface area (Å²) in [4.78, 5) is 17.4. The van der Waals surface area contributed by atoms with Gasteiger partial charge in [-0.15, -0.1) is 0 Å². The number of carbonyl (C=O) groups excluding carboxylic acids is 1. The summed E-state index contributed by atoms with van der Waals surface area (Å²) in [5, 5.41) is 2.69. The molecule has 1 aromatic heterocycles. The Kier molecular flexibility index (Phi) is 4.21. The molecule has 0 aromatic carbocycles. The average Bonchev–Trinajstić information content (AvgIpc) is 2.45. The standard InChI is InChI=1S/C12H16F3N5O/c1-2-8-11(21)17-3-4-20(8)10-6-7(12(13,14)15)5-9(18-10)19-16/h5-6,8H,2-4,16H2,1H3,(H,17,21)(H,18,19). The van der Waals surface area contributed by atoms with Gasteiger partial charge in [-0.2, -0.15) is 13.2 Å². The van der Waals surface area contributed by atoms with Crippen LogP contribution in [0.5, 0.6) is 0 Å². The molecule has 4 N–H and O–H groups in total. The van der Waals surface area contributed by atoms with Crippen LogP contribution in [0.25, 0.3) is 0 Å². The summed E-state index contributed by atoms with van der Waals surface area (Å²) >= 11 is 0. The normalized spacial score (nSPS) is 19.4. The largest absolute Gasteiger partial charge is 0.416 e. The lowest BCUT2D eigenvalue weighted by atomic mass is 10.1. The first-order valence-corrected chi connectivity index (χ1v) is 6.47. The topological polar surface area (TPSA) is 83.3 Å². The van der Waals surface area contributed by atoms with Crippen molar-refractivity contribution in [2.24, 2.45) is 5.84 Å². The number of anilines is 2. The lowest BCUT2D eigenvalue weighted by Gasteiger charge is -2.35. The first kappa shape index (κ1) is 15.4. The second-order valence-corrected chi connectivity index (χ2v) is 4.65. The third-order valence-corrected chi connectivity index (χ3v) is 3.30. The van der Waals surface area contributed by atoms with Crippen LogP contribution in [-0.2, 0) is 11.0 Å². The van der Waals surface area contributed by atoms with Crippen molar-refractivity contribution < 1.29 is 18.0 Å². The Bertz CT molecular complexity index is 534. The van der Waals surface area contributed by atoms with Gasteiger partial charge in [0.2, 0.25) is 5.91 Å². The van der Waals surface area contributed by atoms with Crippen molar-refractivity contribution in [2.75, 3.05) is 23.4 Å². The van der Waals surface area contributed by atoms with Crippen molar-refractivity contribution in [3.63, 3.8) is 0 Å². The van der Waals surface area contributed by atoms with Crippen molar-refractivity contribution in [2.45, 2.75) is 25.6 Å². The van der Waals surface area contributed by atoms with Gasteiger partial charge in [0.25, 0.3) is 0 Å². The Morgan fingerprint density at radius 2 is 2.24 bits per heavy atom. The minimum Gasteiger partial charge on any atom is -0.353 e. The second-order valence-electron chi connectivity index (χ2n) is 4.65. The van der Waals surface area contributed by atoms with Gasteiger partial charge in [0.1, 0.15) is 17.7 Å². The zero-order chi connectivity index (χ0) is 15.6. The Hall–Kier alpha value is -2.03. The van der Waals surface area contributed by atoms with E-state index in [-0.39, 0.29) is 17.5 Å². The van der Waals surface area contributed by atoms with Gasteiger partial charge in [-0.05, 0) is 18.6 Å². The summed E-state index contributed by atoms with van der Waals surface area (Å²) in [5.41, 5.74) is 1.26. The number of pyridine rings is 1. The maximum Gasteiger partial charge on any atom is 0.416 e. The second kappa shape index (κ2) is 5.76. The van der Waals surface area contributed by atoms with Gasteiger partial charge < -0.3 is 15.6 Å². The number of hydrazine groups is 1. The van der Waals surface area contributed by atoms with Crippen molar-refractivity contribution in [1.82, 2.24) is 10.3 Å². The maximum absolute atomic E-state index is 12.9. The number of aromatic nitrogens is 1. The highest BCUT2D eigenvalue weighted by molar-refractivity contribution is 5.86. The number of rotatable bonds is 3. The Morgan fingerprint density at radius 3 is 2.81 bits per heavy atom. The van der Waals surface area contributed by atoms with Crippen LogP contribution in [0.4, 0.5) is 24.8 Å². The first-order chi connectivity index (χ1) is 9.86. The molecule has 1 atom stereocenters. The van der Waals surface area contributed by atoms with Gasteiger partial charge >= 0.3 is 6.18 Å². The van der Waals surface area contributed by atoms with E-state index in [1.54, 1.807) is 11.8 Å².